The summed E-state index contributed by atoms with van der Waals surface area (Å²) in [6, 6.07) is 15.2. The fourth-order valence-corrected chi connectivity index (χ4v) is 3.12. The summed E-state index contributed by atoms with van der Waals surface area (Å²) in [5.41, 5.74) is 8.26. The van der Waals surface area contributed by atoms with E-state index < -0.39 is 11.9 Å². The first-order valence-corrected chi connectivity index (χ1v) is 10.4. The third-order valence-electron chi connectivity index (χ3n) is 4.50. The summed E-state index contributed by atoms with van der Waals surface area (Å²) >= 11 is 0. The Morgan fingerprint density at radius 2 is 1.16 bits per heavy atom. The summed E-state index contributed by atoms with van der Waals surface area (Å²) in [6.45, 7) is 5.89. The molecule has 1 unspecified atom stereocenters. The van der Waals surface area contributed by atoms with Gasteiger partial charge in [0.1, 0.15) is 11.5 Å². The van der Waals surface area contributed by atoms with E-state index in [1.807, 2.05) is 55.5 Å². The topological polar surface area (TPSA) is 97.1 Å². The third kappa shape index (κ3) is 9.16. The van der Waals surface area contributed by atoms with E-state index in [0.717, 1.165) is 17.5 Å². The van der Waals surface area contributed by atoms with Crippen molar-refractivity contribution >= 4 is 24.3 Å². The van der Waals surface area contributed by atoms with E-state index in [1.54, 1.807) is 13.8 Å². The number of carbonyl (C=O) groups excluding carboxylic acids is 2. The van der Waals surface area contributed by atoms with E-state index in [-0.39, 0.29) is 37.6 Å². The minimum Gasteiger partial charge on any atom is -0.482 e. The van der Waals surface area contributed by atoms with Crippen LogP contribution in [0.5, 0.6) is 11.5 Å². The molecule has 0 fully saturated rings. The zero-order chi connectivity index (χ0) is 22.6. The molecule has 1 atom stereocenters. The van der Waals surface area contributed by atoms with Crippen LogP contribution in [0.3, 0.4) is 0 Å². The van der Waals surface area contributed by atoms with Crippen LogP contribution in [0.2, 0.25) is 0 Å². The minimum absolute atomic E-state index is 0. The van der Waals surface area contributed by atoms with Gasteiger partial charge in [-0.15, -0.1) is 12.4 Å². The number of carbonyl (C=O) groups is 2. The van der Waals surface area contributed by atoms with Gasteiger partial charge in [-0.1, -0.05) is 24.3 Å². The van der Waals surface area contributed by atoms with Crippen LogP contribution < -0.4 is 15.2 Å². The predicted molar refractivity (Wildman–Crippen MR) is 124 cm³/mol. The van der Waals surface area contributed by atoms with Crippen LogP contribution >= 0.6 is 12.4 Å². The molecule has 2 rings (SSSR count). The van der Waals surface area contributed by atoms with Gasteiger partial charge in [0.15, 0.2) is 13.2 Å². The fraction of sp³-hybridized carbons (Fsp3) is 0.417. The summed E-state index contributed by atoms with van der Waals surface area (Å²) in [7, 11) is 0. The van der Waals surface area contributed by atoms with Gasteiger partial charge in [-0.25, -0.2) is 9.59 Å². The van der Waals surface area contributed by atoms with Gasteiger partial charge in [0.2, 0.25) is 0 Å². The molecule has 0 spiro atoms. The van der Waals surface area contributed by atoms with Gasteiger partial charge in [-0.05, 0) is 62.6 Å². The molecule has 0 amide bonds. The molecule has 0 aliphatic heterocycles. The second-order valence-electron chi connectivity index (χ2n) is 7.09. The second-order valence-corrected chi connectivity index (χ2v) is 7.09. The van der Waals surface area contributed by atoms with Crippen LogP contribution in [0.4, 0.5) is 0 Å². The van der Waals surface area contributed by atoms with Crippen molar-refractivity contribution in [1.29, 1.82) is 0 Å². The standard InChI is InChI=1S/C24H31NO6.ClH/c1-4-28-23(26)15-30-20-10-6-18(7-11-20)22(14-17(3)25)19-8-12-21(13-9-19)31-16-24(27)29-5-2;/h6-13,17,22H,4-5,14-16,25H2,1-3H3;1H. The molecule has 2 N–H and O–H groups in total. The third-order valence-corrected chi connectivity index (χ3v) is 4.50. The van der Waals surface area contributed by atoms with Crippen LogP contribution in [0.25, 0.3) is 0 Å². The smallest absolute Gasteiger partial charge is 0.344 e. The number of esters is 2. The largest absolute Gasteiger partial charge is 0.482 e. The van der Waals surface area contributed by atoms with Crippen LogP contribution in [-0.2, 0) is 19.1 Å². The van der Waals surface area contributed by atoms with E-state index in [2.05, 4.69) is 0 Å². The first-order chi connectivity index (χ1) is 14.9. The number of hydrogen-bond donors (Lipinski definition) is 1. The molecule has 7 nitrogen and oxygen atoms in total. The van der Waals surface area contributed by atoms with Gasteiger partial charge in [0, 0.05) is 12.0 Å². The fourth-order valence-electron chi connectivity index (χ4n) is 3.12. The summed E-state index contributed by atoms with van der Waals surface area (Å²) < 4.78 is 20.7. The zero-order valence-corrected chi connectivity index (χ0v) is 19.6. The summed E-state index contributed by atoms with van der Waals surface area (Å²) in [5.74, 6) is 0.481. The molecule has 0 aliphatic carbocycles. The molecule has 0 aromatic heterocycles. The van der Waals surface area contributed by atoms with E-state index in [4.69, 9.17) is 24.7 Å². The first-order valence-electron chi connectivity index (χ1n) is 10.4. The van der Waals surface area contributed by atoms with Crippen molar-refractivity contribution in [2.45, 2.75) is 39.2 Å². The lowest BCUT2D eigenvalue weighted by molar-refractivity contribution is -0.146. The highest BCUT2D eigenvalue weighted by atomic mass is 35.5. The van der Waals surface area contributed by atoms with Gasteiger partial charge in [0.05, 0.1) is 13.2 Å². The first kappa shape index (κ1) is 27.3. The number of benzene rings is 2. The average molecular weight is 466 g/mol. The van der Waals surface area contributed by atoms with Crippen molar-refractivity contribution in [3.05, 3.63) is 59.7 Å². The van der Waals surface area contributed by atoms with E-state index in [9.17, 15) is 9.59 Å². The van der Waals surface area contributed by atoms with Gasteiger partial charge in [-0.3, -0.25) is 0 Å². The maximum Gasteiger partial charge on any atom is 0.344 e. The van der Waals surface area contributed by atoms with Gasteiger partial charge in [-0.2, -0.15) is 0 Å². The number of rotatable bonds is 12. The van der Waals surface area contributed by atoms with Crippen molar-refractivity contribution in [3.63, 3.8) is 0 Å². The highest BCUT2D eigenvalue weighted by molar-refractivity contribution is 5.85. The molecule has 0 bridgehead atoms. The molecule has 176 valence electrons. The Hall–Kier alpha value is -2.77. The number of hydrogen-bond acceptors (Lipinski definition) is 7. The van der Waals surface area contributed by atoms with Gasteiger partial charge < -0.3 is 24.7 Å². The Bertz CT molecular complexity index is 758. The van der Waals surface area contributed by atoms with Crippen molar-refractivity contribution in [1.82, 2.24) is 0 Å². The molecule has 2 aromatic rings. The van der Waals surface area contributed by atoms with Crippen LogP contribution in [-0.4, -0.2) is 44.4 Å². The molecule has 8 heteroatoms. The molecule has 0 heterocycles. The highest BCUT2D eigenvalue weighted by Crippen LogP contribution is 2.31. The molecular formula is C24H32ClNO6. The van der Waals surface area contributed by atoms with Crippen molar-refractivity contribution < 1.29 is 28.5 Å². The Morgan fingerprint density at radius 1 is 0.781 bits per heavy atom. The van der Waals surface area contributed by atoms with Crippen molar-refractivity contribution in [3.8, 4) is 11.5 Å². The Morgan fingerprint density at radius 3 is 1.47 bits per heavy atom. The SMILES string of the molecule is CCOC(=O)COc1ccc(C(CC(C)N)c2ccc(OCC(=O)OCC)cc2)cc1.Cl. The predicted octanol–water partition coefficient (Wildman–Crippen LogP) is 3.86. The summed E-state index contributed by atoms with van der Waals surface area (Å²) in [5, 5.41) is 0. The molecule has 0 aliphatic rings. The number of halogens is 1. The van der Waals surface area contributed by atoms with Crippen molar-refractivity contribution in [2.75, 3.05) is 26.4 Å². The normalized spacial score (nSPS) is 11.3. The lowest BCUT2D eigenvalue weighted by Gasteiger charge is -2.21. The maximum absolute atomic E-state index is 11.4. The number of nitrogens with two attached hydrogens (primary N) is 1. The lowest BCUT2D eigenvalue weighted by atomic mass is 9.86. The van der Waals surface area contributed by atoms with Crippen LogP contribution in [0.15, 0.2) is 48.5 Å². The highest BCUT2D eigenvalue weighted by Gasteiger charge is 2.17. The van der Waals surface area contributed by atoms with Crippen molar-refractivity contribution in [2.24, 2.45) is 5.73 Å². The summed E-state index contributed by atoms with van der Waals surface area (Å²) in [6.07, 6.45) is 0.756. The summed E-state index contributed by atoms with van der Waals surface area (Å²) in [4.78, 5) is 22.9. The Balaban J connectivity index is 0.00000512. The van der Waals surface area contributed by atoms with Crippen LogP contribution in [0.1, 0.15) is 44.2 Å². The maximum atomic E-state index is 11.4. The quantitative estimate of drug-likeness (QED) is 0.475. The van der Waals surface area contributed by atoms with Gasteiger partial charge >= 0.3 is 11.9 Å². The Labute approximate surface area is 195 Å². The van der Waals surface area contributed by atoms with Crippen LogP contribution in [0, 0.1) is 0 Å². The molecule has 0 saturated heterocycles. The Kier molecular flexibility index (Phi) is 12.2. The molecular weight excluding hydrogens is 434 g/mol. The van der Waals surface area contributed by atoms with E-state index in [0.29, 0.717) is 24.7 Å². The molecule has 0 radical (unpaired) electrons. The molecule has 32 heavy (non-hydrogen) atoms. The molecule has 2 aromatic carbocycles. The zero-order valence-electron chi connectivity index (χ0n) is 18.7. The molecule has 0 saturated carbocycles. The second kappa shape index (κ2) is 14.3. The lowest BCUT2D eigenvalue weighted by Crippen LogP contribution is -2.19. The van der Waals surface area contributed by atoms with E-state index >= 15 is 0 Å². The van der Waals surface area contributed by atoms with Gasteiger partial charge in [0.25, 0.3) is 0 Å². The number of ether oxygens (including phenoxy) is 4. The minimum atomic E-state index is -0.397. The van der Waals surface area contributed by atoms with E-state index in [1.165, 1.54) is 0 Å². The monoisotopic (exact) mass is 465 g/mol. The average Bonchev–Trinajstić information content (AvgIpc) is 2.76.